The van der Waals surface area contributed by atoms with Crippen molar-refractivity contribution < 1.29 is 9.53 Å². The van der Waals surface area contributed by atoms with Crippen LogP contribution in [0.15, 0.2) is 42.5 Å². The van der Waals surface area contributed by atoms with E-state index in [1.807, 2.05) is 63.2 Å². The van der Waals surface area contributed by atoms with Gasteiger partial charge in [0.15, 0.2) is 0 Å². The Morgan fingerprint density at radius 1 is 1.12 bits per heavy atom. The van der Waals surface area contributed by atoms with Crippen LogP contribution in [0.1, 0.15) is 42.9 Å². The lowest BCUT2D eigenvalue weighted by Crippen LogP contribution is -2.38. The number of rotatable bonds is 5. The van der Waals surface area contributed by atoms with Gasteiger partial charge in [0.1, 0.15) is 11.6 Å². The number of aromatic amines is 1. The maximum absolute atomic E-state index is 12.4. The standard InChI is InChI=1S/C20H24N4O2/c1-12-9-10-18(26-4)15(11-12)13(2)21-20(25)22-14(3)19-23-16-7-5-6-8-17(16)24-19/h5-11,13-14H,1-4H3,(H,23,24)(H2,21,22,25). The molecule has 2 amide bonds. The van der Waals surface area contributed by atoms with Gasteiger partial charge in [-0.05, 0) is 39.0 Å². The highest BCUT2D eigenvalue weighted by Gasteiger charge is 2.17. The summed E-state index contributed by atoms with van der Waals surface area (Å²) in [5.74, 6) is 1.48. The highest BCUT2D eigenvalue weighted by Crippen LogP contribution is 2.26. The Bertz CT molecular complexity index is 886. The monoisotopic (exact) mass is 352 g/mol. The van der Waals surface area contributed by atoms with Crippen molar-refractivity contribution in [1.29, 1.82) is 0 Å². The van der Waals surface area contributed by atoms with Crippen molar-refractivity contribution in [2.45, 2.75) is 32.9 Å². The number of fused-ring (bicyclic) bond motifs is 1. The predicted molar refractivity (Wildman–Crippen MR) is 102 cm³/mol. The third-order valence-electron chi connectivity index (χ3n) is 4.36. The molecule has 1 aromatic heterocycles. The lowest BCUT2D eigenvalue weighted by atomic mass is 10.0. The molecule has 0 spiro atoms. The summed E-state index contributed by atoms with van der Waals surface area (Å²) in [5.41, 5.74) is 3.90. The Morgan fingerprint density at radius 2 is 1.85 bits per heavy atom. The van der Waals surface area contributed by atoms with Gasteiger partial charge in [0.2, 0.25) is 0 Å². The van der Waals surface area contributed by atoms with Crippen LogP contribution >= 0.6 is 0 Å². The van der Waals surface area contributed by atoms with Crippen molar-refractivity contribution in [3.05, 3.63) is 59.4 Å². The van der Waals surface area contributed by atoms with Crippen molar-refractivity contribution in [2.75, 3.05) is 7.11 Å². The van der Waals surface area contributed by atoms with Gasteiger partial charge >= 0.3 is 6.03 Å². The molecule has 6 nitrogen and oxygen atoms in total. The Hall–Kier alpha value is -3.02. The first kappa shape index (κ1) is 17.8. The Labute approximate surface area is 153 Å². The number of carbonyl (C=O) groups excluding carboxylic acids is 1. The minimum Gasteiger partial charge on any atom is -0.496 e. The minimum absolute atomic E-state index is 0.187. The molecule has 0 aliphatic rings. The third-order valence-corrected chi connectivity index (χ3v) is 4.36. The summed E-state index contributed by atoms with van der Waals surface area (Å²) >= 11 is 0. The molecule has 2 atom stereocenters. The van der Waals surface area contributed by atoms with Gasteiger partial charge in [0.25, 0.3) is 0 Å². The first-order valence-corrected chi connectivity index (χ1v) is 8.64. The fraction of sp³-hybridized carbons (Fsp3) is 0.300. The average Bonchev–Trinajstić information content (AvgIpc) is 3.05. The van der Waals surface area contributed by atoms with E-state index >= 15 is 0 Å². The Kier molecular flexibility index (Phi) is 5.11. The topological polar surface area (TPSA) is 79.0 Å². The highest BCUT2D eigenvalue weighted by atomic mass is 16.5. The molecule has 0 saturated carbocycles. The Balaban J connectivity index is 1.67. The number of para-hydroxylation sites is 2. The molecule has 136 valence electrons. The van der Waals surface area contributed by atoms with Gasteiger partial charge in [0, 0.05) is 5.56 Å². The number of hydrogen-bond donors (Lipinski definition) is 3. The minimum atomic E-state index is -0.256. The van der Waals surface area contributed by atoms with Gasteiger partial charge in [-0.2, -0.15) is 0 Å². The van der Waals surface area contributed by atoms with Crippen LogP contribution in [0.2, 0.25) is 0 Å². The van der Waals surface area contributed by atoms with E-state index in [-0.39, 0.29) is 18.1 Å². The maximum atomic E-state index is 12.4. The largest absolute Gasteiger partial charge is 0.496 e. The van der Waals surface area contributed by atoms with Gasteiger partial charge in [-0.3, -0.25) is 0 Å². The number of amides is 2. The third kappa shape index (κ3) is 3.79. The number of benzene rings is 2. The summed E-state index contributed by atoms with van der Waals surface area (Å²) in [5, 5.41) is 5.89. The molecular weight excluding hydrogens is 328 g/mol. The molecule has 2 unspecified atom stereocenters. The number of imidazole rings is 1. The van der Waals surface area contributed by atoms with Crippen LogP contribution in [-0.2, 0) is 0 Å². The second kappa shape index (κ2) is 7.47. The van der Waals surface area contributed by atoms with E-state index in [4.69, 9.17) is 4.74 Å². The molecule has 6 heteroatoms. The molecule has 0 bridgehead atoms. The van der Waals surface area contributed by atoms with Crippen molar-refractivity contribution in [3.8, 4) is 5.75 Å². The number of carbonyl (C=O) groups is 1. The van der Waals surface area contributed by atoms with Gasteiger partial charge in [-0.15, -0.1) is 0 Å². The first-order chi connectivity index (χ1) is 12.5. The smallest absolute Gasteiger partial charge is 0.315 e. The fourth-order valence-corrected chi connectivity index (χ4v) is 2.95. The summed E-state index contributed by atoms with van der Waals surface area (Å²) in [6.45, 7) is 5.84. The molecular formula is C20H24N4O2. The molecule has 26 heavy (non-hydrogen) atoms. The first-order valence-electron chi connectivity index (χ1n) is 8.64. The van der Waals surface area contributed by atoms with Crippen LogP contribution < -0.4 is 15.4 Å². The predicted octanol–water partition coefficient (Wildman–Crippen LogP) is 4.00. The van der Waals surface area contributed by atoms with Gasteiger partial charge in [-0.1, -0.05) is 29.8 Å². The molecule has 2 aromatic carbocycles. The van der Waals surface area contributed by atoms with E-state index in [1.54, 1.807) is 7.11 Å². The second-order valence-corrected chi connectivity index (χ2v) is 6.45. The average molecular weight is 352 g/mol. The molecule has 1 heterocycles. The van der Waals surface area contributed by atoms with Gasteiger partial charge < -0.3 is 20.4 Å². The summed E-state index contributed by atoms with van der Waals surface area (Å²) in [6.07, 6.45) is 0. The SMILES string of the molecule is COc1ccc(C)cc1C(C)NC(=O)NC(C)c1nc2ccccc2[nH]1. The summed E-state index contributed by atoms with van der Waals surface area (Å²) in [6, 6.07) is 13.0. The van der Waals surface area contributed by atoms with Crippen molar-refractivity contribution >= 4 is 17.1 Å². The molecule has 0 aliphatic carbocycles. The lowest BCUT2D eigenvalue weighted by molar-refractivity contribution is 0.234. The zero-order chi connectivity index (χ0) is 18.7. The summed E-state index contributed by atoms with van der Waals surface area (Å²) < 4.78 is 5.40. The summed E-state index contributed by atoms with van der Waals surface area (Å²) in [4.78, 5) is 20.2. The Morgan fingerprint density at radius 3 is 2.58 bits per heavy atom. The highest BCUT2D eigenvalue weighted by molar-refractivity contribution is 5.76. The number of hydrogen-bond acceptors (Lipinski definition) is 3. The molecule has 0 aliphatic heterocycles. The van der Waals surface area contributed by atoms with Gasteiger partial charge in [-0.25, -0.2) is 9.78 Å². The number of ether oxygens (including phenoxy) is 1. The number of nitrogens with zero attached hydrogens (tertiary/aromatic N) is 1. The van der Waals surface area contributed by atoms with E-state index in [2.05, 4.69) is 20.6 Å². The van der Waals surface area contributed by atoms with Crippen LogP contribution in [0, 0.1) is 6.92 Å². The zero-order valence-electron chi connectivity index (χ0n) is 15.5. The summed E-state index contributed by atoms with van der Waals surface area (Å²) in [7, 11) is 1.63. The number of urea groups is 1. The molecule has 3 rings (SSSR count). The van der Waals surface area contributed by atoms with E-state index in [9.17, 15) is 4.79 Å². The normalized spacial score (nSPS) is 13.2. The van der Waals surface area contributed by atoms with Crippen LogP contribution in [-0.4, -0.2) is 23.1 Å². The van der Waals surface area contributed by atoms with E-state index < -0.39 is 0 Å². The molecule has 0 saturated heterocycles. The van der Waals surface area contributed by atoms with E-state index in [1.165, 1.54) is 0 Å². The molecule has 0 radical (unpaired) electrons. The van der Waals surface area contributed by atoms with Crippen LogP contribution in [0.4, 0.5) is 4.79 Å². The van der Waals surface area contributed by atoms with Crippen molar-refractivity contribution in [3.63, 3.8) is 0 Å². The molecule has 3 N–H and O–H groups in total. The second-order valence-electron chi connectivity index (χ2n) is 6.45. The molecule has 0 fully saturated rings. The number of H-pyrrole nitrogens is 1. The zero-order valence-corrected chi connectivity index (χ0v) is 15.5. The fourth-order valence-electron chi connectivity index (χ4n) is 2.95. The number of aromatic nitrogens is 2. The van der Waals surface area contributed by atoms with Crippen molar-refractivity contribution in [2.24, 2.45) is 0 Å². The van der Waals surface area contributed by atoms with Crippen molar-refractivity contribution in [1.82, 2.24) is 20.6 Å². The maximum Gasteiger partial charge on any atom is 0.315 e. The molecule has 3 aromatic rings. The van der Waals surface area contributed by atoms with Gasteiger partial charge in [0.05, 0.1) is 30.2 Å². The van der Waals surface area contributed by atoms with E-state index in [0.29, 0.717) is 0 Å². The number of nitrogens with one attached hydrogen (secondary N) is 3. The number of aryl methyl sites for hydroxylation is 1. The van der Waals surface area contributed by atoms with Crippen LogP contribution in [0.5, 0.6) is 5.75 Å². The van der Waals surface area contributed by atoms with Crippen LogP contribution in [0.3, 0.4) is 0 Å². The number of methoxy groups -OCH3 is 1. The lowest BCUT2D eigenvalue weighted by Gasteiger charge is -2.20. The van der Waals surface area contributed by atoms with E-state index in [0.717, 1.165) is 33.7 Å². The quantitative estimate of drug-likeness (QED) is 0.649. The van der Waals surface area contributed by atoms with Crippen LogP contribution in [0.25, 0.3) is 11.0 Å².